The standard InChI is InChI=1S/C28H25N7O5/c1-17-3-7-19(8-4-17)27(36)38-12-22-21(40-28(37)20-9-5-18(2)6-10-20)11-23(39-22)35-14-31-24-25(29-13-30-26(24)35)34-15-32-33-16-34/h3-10,13-16,21-23H,11-12H2,1-2H3/t21-,22+,23-/m0/s1. The van der Waals surface area contributed by atoms with Gasteiger partial charge in [-0.05, 0) is 38.1 Å². The molecule has 202 valence electrons. The van der Waals surface area contributed by atoms with Crippen LogP contribution >= 0.6 is 0 Å². The van der Waals surface area contributed by atoms with Crippen LogP contribution in [0.2, 0.25) is 0 Å². The number of imidazole rings is 1. The summed E-state index contributed by atoms with van der Waals surface area (Å²) in [5, 5.41) is 7.66. The van der Waals surface area contributed by atoms with Crippen LogP contribution in [0.3, 0.4) is 0 Å². The van der Waals surface area contributed by atoms with Crippen molar-refractivity contribution in [2.24, 2.45) is 0 Å². The van der Waals surface area contributed by atoms with Crippen molar-refractivity contribution in [3.63, 3.8) is 0 Å². The smallest absolute Gasteiger partial charge is 0.338 e. The lowest BCUT2D eigenvalue weighted by Gasteiger charge is -2.19. The van der Waals surface area contributed by atoms with Gasteiger partial charge >= 0.3 is 11.9 Å². The molecular formula is C28H25N7O5. The molecule has 12 heteroatoms. The van der Waals surface area contributed by atoms with Gasteiger partial charge in [0.1, 0.15) is 44.0 Å². The van der Waals surface area contributed by atoms with Crippen LogP contribution in [0.15, 0.2) is 73.8 Å². The van der Waals surface area contributed by atoms with Gasteiger partial charge in [0, 0.05) is 6.42 Å². The van der Waals surface area contributed by atoms with E-state index in [9.17, 15) is 9.59 Å². The Labute approximate surface area is 228 Å². The lowest BCUT2D eigenvalue weighted by atomic mass is 10.1. The molecule has 5 aromatic rings. The van der Waals surface area contributed by atoms with Crippen LogP contribution in [-0.2, 0) is 14.2 Å². The third-order valence-electron chi connectivity index (χ3n) is 6.71. The monoisotopic (exact) mass is 539 g/mol. The zero-order valence-corrected chi connectivity index (χ0v) is 21.7. The molecule has 1 aliphatic heterocycles. The van der Waals surface area contributed by atoms with Crippen LogP contribution in [-0.4, -0.2) is 65.0 Å². The molecule has 1 saturated heterocycles. The lowest BCUT2D eigenvalue weighted by Crippen LogP contribution is -2.32. The molecule has 1 aliphatic rings. The molecule has 0 amide bonds. The van der Waals surface area contributed by atoms with E-state index in [1.165, 1.54) is 19.0 Å². The quantitative estimate of drug-likeness (QED) is 0.283. The van der Waals surface area contributed by atoms with Gasteiger partial charge in [-0.25, -0.2) is 24.5 Å². The average molecular weight is 540 g/mol. The van der Waals surface area contributed by atoms with E-state index in [2.05, 4.69) is 25.1 Å². The summed E-state index contributed by atoms with van der Waals surface area (Å²) in [6.07, 6.45) is 4.34. The maximum Gasteiger partial charge on any atom is 0.338 e. The molecule has 1 fully saturated rings. The molecule has 40 heavy (non-hydrogen) atoms. The number of fused-ring (bicyclic) bond motifs is 1. The van der Waals surface area contributed by atoms with Crippen molar-refractivity contribution in [2.45, 2.75) is 38.7 Å². The second kappa shape index (κ2) is 10.7. The number of hydrogen-bond acceptors (Lipinski definition) is 10. The fraction of sp³-hybridized carbons (Fsp3) is 0.250. The summed E-state index contributed by atoms with van der Waals surface area (Å²) in [5.41, 5.74) is 3.95. The van der Waals surface area contributed by atoms with E-state index >= 15 is 0 Å². The van der Waals surface area contributed by atoms with E-state index in [-0.39, 0.29) is 6.61 Å². The molecule has 0 N–H and O–H groups in total. The highest BCUT2D eigenvalue weighted by molar-refractivity contribution is 5.90. The Bertz CT molecular complexity index is 1650. The van der Waals surface area contributed by atoms with E-state index in [0.29, 0.717) is 34.5 Å². The summed E-state index contributed by atoms with van der Waals surface area (Å²) in [6, 6.07) is 14.2. The van der Waals surface area contributed by atoms with Gasteiger partial charge in [0.15, 0.2) is 17.0 Å². The Hall–Kier alpha value is -4.97. The molecule has 12 nitrogen and oxygen atoms in total. The second-order valence-corrected chi connectivity index (χ2v) is 9.53. The van der Waals surface area contributed by atoms with Gasteiger partial charge in [-0.2, -0.15) is 0 Å². The molecule has 0 aliphatic carbocycles. The number of esters is 2. The van der Waals surface area contributed by atoms with Crippen molar-refractivity contribution in [3.05, 3.63) is 96.1 Å². The van der Waals surface area contributed by atoms with Crippen LogP contribution in [0.1, 0.15) is 44.5 Å². The van der Waals surface area contributed by atoms with Gasteiger partial charge in [0.2, 0.25) is 0 Å². The van der Waals surface area contributed by atoms with E-state index in [1.807, 2.05) is 38.1 Å². The topological polar surface area (TPSA) is 136 Å². The maximum absolute atomic E-state index is 13.0. The summed E-state index contributed by atoms with van der Waals surface area (Å²) in [6.45, 7) is 3.77. The maximum atomic E-state index is 13.0. The fourth-order valence-corrected chi connectivity index (χ4v) is 4.52. The Morgan fingerprint density at radius 2 is 1.52 bits per heavy atom. The Kier molecular flexibility index (Phi) is 6.74. The van der Waals surface area contributed by atoms with Crippen molar-refractivity contribution in [2.75, 3.05) is 6.61 Å². The van der Waals surface area contributed by atoms with E-state index < -0.39 is 30.4 Å². The van der Waals surface area contributed by atoms with Gasteiger partial charge in [-0.15, -0.1) is 10.2 Å². The molecule has 3 aromatic heterocycles. The first-order valence-electron chi connectivity index (χ1n) is 12.7. The minimum absolute atomic E-state index is 0.109. The zero-order chi connectivity index (χ0) is 27.6. The molecule has 0 spiro atoms. The zero-order valence-electron chi connectivity index (χ0n) is 21.7. The van der Waals surface area contributed by atoms with Crippen LogP contribution in [0.4, 0.5) is 0 Å². The van der Waals surface area contributed by atoms with Gasteiger partial charge < -0.3 is 14.2 Å². The van der Waals surface area contributed by atoms with Crippen molar-refractivity contribution in [1.29, 1.82) is 0 Å². The van der Waals surface area contributed by atoms with Gasteiger partial charge in [0.25, 0.3) is 0 Å². The Morgan fingerprint density at radius 3 is 2.20 bits per heavy atom. The molecule has 6 rings (SSSR count). The SMILES string of the molecule is Cc1ccc(C(=O)OC[C@H]2O[C@H](n3cnc4c(-n5cnnc5)ncnc43)C[C@@H]2OC(=O)c2ccc(C)cc2)cc1. The van der Waals surface area contributed by atoms with Crippen molar-refractivity contribution in [3.8, 4) is 5.82 Å². The molecule has 0 bridgehead atoms. The third kappa shape index (κ3) is 5.04. The predicted octanol–water partition coefficient (Wildman–Crippen LogP) is 3.39. The fourth-order valence-electron chi connectivity index (χ4n) is 4.52. The summed E-state index contributed by atoms with van der Waals surface area (Å²) >= 11 is 0. The van der Waals surface area contributed by atoms with E-state index in [4.69, 9.17) is 14.2 Å². The van der Waals surface area contributed by atoms with Crippen molar-refractivity contribution >= 4 is 23.1 Å². The normalized spacial score (nSPS) is 18.6. The predicted molar refractivity (Wildman–Crippen MR) is 141 cm³/mol. The molecule has 0 saturated carbocycles. The van der Waals surface area contributed by atoms with Crippen LogP contribution in [0.5, 0.6) is 0 Å². The van der Waals surface area contributed by atoms with Crippen LogP contribution in [0.25, 0.3) is 17.0 Å². The first-order chi connectivity index (χ1) is 19.5. The number of nitrogens with zero attached hydrogens (tertiary/aromatic N) is 7. The van der Waals surface area contributed by atoms with Crippen molar-refractivity contribution in [1.82, 2.24) is 34.3 Å². The first kappa shape index (κ1) is 25.3. The van der Waals surface area contributed by atoms with E-state index in [0.717, 1.165) is 11.1 Å². The number of ether oxygens (including phenoxy) is 3. The number of aryl methyl sites for hydroxylation is 2. The summed E-state index contributed by atoms with van der Waals surface area (Å²) in [4.78, 5) is 38.9. The van der Waals surface area contributed by atoms with Gasteiger partial charge in [-0.3, -0.25) is 9.13 Å². The largest absolute Gasteiger partial charge is 0.459 e. The van der Waals surface area contributed by atoms with Gasteiger partial charge in [-0.1, -0.05) is 35.4 Å². The van der Waals surface area contributed by atoms with Crippen LogP contribution in [0, 0.1) is 13.8 Å². The summed E-state index contributed by atoms with van der Waals surface area (Å²) < 4.78 is 21.1. The first-order valence-corrected chi connectivity index (χ1v) is 12.7. The molecule has 0 radical (unpaired) electrons. The van der Waals surface area contributed by atoms with Crippen LogP contribution < -0.4 is 0 Å². The number of aromatic nitrogens is 7. The summed E-state index contributed by atoms with van der Waals surface area (Å²) in [7, 11) is 0. The van der Waals surface area contributed by atoms with E-state index in [1.54, 1.807) is 39.7 Å². The minimum Gasteiger partial charge on any atom is -0.459 e. The molecule has 0 unspecified atom stereocenters. The van der Waals surface area contributed by atoms with Crippen molar-refractivity contribution < 1.29 is 23.8 Å². The summed E-state index contributed by atoms with van der Waals surface area (Å²) in [5.74, 6) is -0.468. The second-order valence-electron chi connectivity index (χ2n) is 9.53. The number of benzene rings is 2. The highest BCUT2D eigenvalue weighted by atomic mass is 16.6. The van der Waals surface area contributed by atoms with Gasteiger partial charge in [0.05, 0.1) is 17.5 Å². The number of carbonyl (C=O) groups excluding carboxylic acids is 2. The lowest BCUT2D eigenvalue weighted by molar-refractivity contribution is -0.0563. The minimum atomic E-state index is -0.717. The number of carbonyl (C=O) groups is 2. The number of rotatable bonds is 7. The third-order valence-corrected chi connectivity index (χ3v) is 6.71. The molecular weight excluding hydrogens is 514 g/mol. The average Bonchev–Trinajstić information content (AvgIpc) is 3.72. The highest BCUT2D eigenvalue weighted by Crippen LogP contribution is 2.34. The highest BCUT2D eigenvalue weighted by Gasteiger charge is 2.40. The molecule has 2 aromatic carbocycles. The molecule has 3 atom stereocenters. The number of hydrogen-bond donors (Lipinski definition) is 0. The molecule has 4 heterocycles. The Balaban J connectivity index is 1.25. The Morgan fingerprint density at radius 1 is 0.875 bits per heavy atom.